The molecule has 672 valence electrons. The van der Waals surface area contributed by atoms with E-state index < -0.39 is 0 Å². The molecule has 0 fully saturated rings. The summed E-state index contributed by atoms with van der Waals surface area (Å²) in [5.41, 5.74) is 51.2. The van der Waals surface area contributed by atoms with E-state index in [1.54, 1.807) is 0 Å². The summed E-state index contributed by atoms with van der Waals surface area (Å²) in [5, 5.41) is 0. The van der Waals surface area contributed by atoms with Crippen LogP contribution in [0.15, 0.2) is 414 Å². The minimum atomic E-state index is 1.11. The molecule has 0 aliphatic rings. The summed E-state index contributed by atoms with van der Waals surface area (Å²) >= 11 is 0. The molecule has 0 atom stereocenters. The zero-order chi connectivity index (χ0) is 95.4. The van der Waals surface area contributed by atoms with Crippen molar-refractivity contribution in [3.63, 3.8) is 0 Å². The van der Waals surface area contributed by atoms with Gasteiger partial charge < -0.3 is 29.4 Å². The van der Waals surface area contributed by atoms with Crippen LogP contribution in [0.1, 0.15) is 106 Å². The molecule has 6 nitrogen and oxygen atoms in total. The molecular formula is C130H122N6. The third-order valence-electron chi connectivity index (χ3n) is 25.5. The van der Waals surface area contributed by atoms with Crippen molar-refractivity contribution in [3.05, 3.63) is 520 Å². The molecular weight excluding hydrogens is 1650 g/mol. The van der Waals surface area contributed by atoms with E-state index in [2.05, 4.69) is 554 Å². The molecule has 0 N–H and O–H groups in total. The maximum Gasteiger partial charge on any atom is 0.0520 e. The molecule has 0 aliphatic carbocycles. The number of para-hydroxylation sites is 1. The first-order valence-corrected chi connectivity index (χ1v) is 47.1. The van der Waals surface area contributed by atoms with Gasteiger partial charge >= 0.3 is 0 Å². The smallest absolute Gasteiger partial charge is 0.0520 e. The topological polar surface area (TPSA) is 19.4 Å². The lowest BCUT2D eigenvalue weighted by Gasteiger charge is -2.31. The molecule has 0 spiro atoms. The Morgan fingerprint density at radius 2 is 0.382 bits per heavy atom. The quantitative estimate of drug-likeness (QED) is 0.0596. The first-order chi connectivity index (χ1) is 65.8. The molecule has 136 heavy (non-hydrogen) atoms. The normalized spacial score (nSPS) is 10.9. The van der Waals surface area contributed by atoms with E-state index in [1.807, 2.05) is 18.2 Å². The highest BCUT2D eigenvalue weighted by Crippen LogP contribution is 2.48. The first-order valence-electron chi connectivity index (χ1n) is 47.1. The average Bonchev–Trinajstić information content (AvgIpc) is 0.771. The Balaban J connectivity index is 0.000000148. The minimum absolute atomic E-state index is 1.11. The number of aryl methyl sites for hydroxylation is 16. The molecule has 0 bridgehead atoms. The number of benzene rings is 18. The maximum atomic E-state index is 4.01. The molecule has 0 amide bonds. The fraction of sp³-hybridized carbons (Fsp3) is 0.123. The summed E-state index contributed by atoms with van der Waals surface area (Å²) in [6.45, 7) is 46.8. The Morgan fingerprint density at radius 3 is 0.647 bits per heavy atom. The van der Waals surface area contributed by atoms with Crippen molar-refractivity contribution in [1.82, 2.24) is 0 Å². The lowest BCUT2D eigenvalue weighted by Crippen LogP contribution is -2.14. The SMILES string of the molecule is C=Cc1ccc(N(c2ccc(-c3ccc(N(c4ccccc4)c4cccc(C)c4)cc3)cc2)c2cccc(C)c2)cc1.C=Cc1ccc(N(c2cccc(C)c2)c2c(C)cc(-c3cc(C)c(N(c4cccc(C)c4)c4cccc(C)c4)c(C)c3)cc2C)cc1C.C=Cc1ccc(N(c2cccc(C)c2)c2ccc(-c3ccc(N(c4cccc(C)c4)c4cccc(C)c4)c(C)c3)cc2C)cc1C. The van der Waals surface area contributed by atoms with Crippen LogP contribution < -0.4 is 29.4 Å². The van der Waals surface area contributed by atoms with Crippen LogP contribution in [0.25, 0.3) is 51.6 Å². The van der Waals surface area contributed by atoms with Gasteiger partial charge in [-0.2, -0.15) is 0 Å². The fourth-order valence-corrected chi connectivity index (χ4v) is 18.8. The van der Waals surface area contributed by atoms with Crippen molar-refractivity contribution in [2.75, 3.05) is 29.4 Å². The minimum Gasteiger partial charge on any atom is -0.310 e. The number of anilines is 18. The molecule has 0 unspecified atom stereocenters. The number of hydrogen-bond donors (Lipinski definition) is 0. The molecule has 18 aromatic rings. The molecule has 18 aromatic carbocycles. The Kier molecular flexibility index (Phi) is 28.7. The number of rotatable bonds is 24. The van der Waals surface area contributed by atoms with Gasteiger partial charge in [-0.3, -0.25) is 0 Å². The lowest BCUT2D eigenvalue weighted by molar-refractivity contribution is 1.20. The predicted molar refractivity (Wildman–Crippen MR) is 590 cm³/mol. The Labute approximate surface area is 808 Å². The van der Waals surface area contributed by atoms with E-state index in [0.29, 0.717) is 0 Å². The van der Waals surface area contributed by atoms with E-state index >= 15 is 0 Å². The molecule has 0 radical (unpaired) electrons. The summed E-state index contributed by atoms with van der Waals surface area (Å²) in [6.07, 6.45) is 5.73. The van der Waals surface area contributed by atoms with E-state index in [-0.39, 0.29) is 0 Å². The fourth-order valence-electron chi connectivity index (χ4n) is 18.8. The zero-order valence-electron chi connectivity index (χ0n) is 81.6. The molecule has 0 aromatic heterocycles. The van der Waals surface area contributed by atoms with Crippen molar-refractivity contribution in [2.24, 2.45) is 0 Å². The Bertz CT molecular complexity index is 7240. The molecule has 0 heterocycles. The molecule has 0 saturated carbocycles. The monoisotopic (exact) mass is 1770 g/mol. The van der Waals surface area contributed by atoms with Gasteiger partial charge in [0.2, 0.25) is 0 Å². The van der Waals surface area contributed by atoms with Crippen molar-refractivity contribution in [2.45, 2.75) is 111 Å². The highest BCUT2D eigenvalue weighted by atomic mass is 15.2. The first kappa shape index (κ1) is 93.2. The van der Waals surface area contributed by atoms with Crippen molar-refractivity contribution < 1.29 is 0 Å². The summed E-state index contributed by atoms with van der Waals surface area (Å²) in [6, 6.07) is 143. The molecule has 0 aliphatic heterocycles. The van der Waals surface area contributed by atoms with Crippen LogP contribution in [0, 0.1) is 111 Å². The predicted octanol–water partition coefficient (Wildman–Crippen LogP) is 37.7. The van der Waals surface area contributed by atoms with Gasteiger partial charge in [0.15, 0.2) is 0 Å². The van der Waals surface area contributed by atoms with Gasteiger partial charge in [-0.05, 0) is 468 Å². The van der Waals surface area contributed by atoms with Gasteiger partial charge in [-0.1, -0.05) is 214 Å². The van der Waals surface area contributed by atoms with Crippen LogP contribution in [0.3, 0.4) is 0 Å². The van der Waals surface area contributed by atoms with Gasteiger partial charge in [0.05, 0.1) is 11.4 Å². The molecule has 6 heteroatoms. The second-order valence-corrected chi connectivity index (χ2v) is 36.4. The highest BCUT2D eigenvalue weighted by Gasteiger charge is 2.26. The highest BCUT2D eigenvalue weighted by molar-refractivity contribution is 5.90. The lowest BCUT2D eigenvalue weighted by atomic mass is 9.93. The van der Waals surface area contributed by atoms with E-state index in [1.165, 1.54) is 157 Å². The average molecular weight is 1770 g/mol. The van der Waals surface area contributed by atoms with Gasteiger partial charge in [0, 0.05) is 91.0 Å². The third-order valence-corrected chi connectivity index (χ3v) is 25.5. The summed E-state index contributed by atoms with van der Waals surface area (Å²) in [7, 11) is 0. The summed E-state index contributed by atoms with van der Waals surface area (Å²) < 4.78 is 0. The Morgan fingerprint density at radius 1 is 0.154 bits per heavy atom. The summed E-state index contributed by atoms with van der Waals surface area (Å²) in [4.78, 5) is 14.1. The largest absolute Gasteiger partial charge is 0.310 e. The van der Waals surface area contributed by atoms with Crippen LogP contribution >= 0.6 is 0 Å². The molecule has 18 rings (SSSR count). The standard InChI is InChI=1S/C46H46N2.C44H42N2.C40H34N2/c1-10-38-20-21-44(29-33(38)5)48(43-19-13-16-32(4)24-43)46-36(8)27-40(28-37(46)9)39-25-34(6)45(35(7)26-39)47(41-17-11-14-30(2)22-41)42-18-12-15-31(3)23-42;1-8-36-18-21-42(29-33(36)5)46(41-17-11-14-32(4)26-41)44-23-20-38(28-35(44)7)37-19-22-43(34(6)27-37)45(39-15-9-12-30(2)24-39)40-16-10-13-31(3)25-40;1-4-32-16-22-36(23-17-32)42(40-15-9-11-31(3)29-40)38-26-20-34(21-27-38)33-18-24-37(25-19-33)41(35-12-6-5-7-13-35)39-14-8-10-30(2)28-39/h10-29H,1H2,2-9H3;8-29H,1H2,2-7H3;4-29H,1H2,2-3H3. The van der Waals surface area contributed by atoms with Crippen LogP contribution in [0.4, 0.5) is 102 Å². The maximum absolute atomic E-state index is 4.01. The van der Waals surface area contributed by atoms with Crippen molar-refractivity contribution >= 4 is 121 Å². The van der Waals surface area contributed by atoms with E-state index in [4.69, 9.17) is 0 Å². The van der Waals surface area contributed by atoms with Crippen LogP contribution in [-0.2, 0) is 0 Å². The van der Waals surface area contributed by atoms with Crippen LogP contribution in [0.2, 0.25) is 0 Å². The zero-order valence-corrected chi connectivity index (χ0v) is 81.6. The Hall–Kier alpha value is -16.0. The van der Waals surface area contributed by atoms with Gasteiger partial charge in [-0.15, -0.1) is 0 Å². The number of nitrogens with zero attached hydrogens (tertiary/aromatic N) is 6. The summed E-state index contributed by atoms with van der Waals surface area (Å²) in [5.74, 6) is 0. The van der Waals surface area contributed by atoms with Crippen molar-refractivity contribution in [3.8, 4) is 33.4 Å². The van der Waals surface area contributed by atoms with Gasteiger partial charge in [0.25, 0.3) is 0 Å². The van der Waals surface area contributed by atoms with Gasteiger partial charge in [0.1, 0.15) is 0 Å². The van der Waals surface area contributed by atoms with Crippen LogP contribution in [0.5, 0.6) is 0 Å². The number of hydrogen-bond acceptors (Lipinski definition) is 6. The van der Waals surface area contributed by atoms with E-state index in [9.17, 15) is 0 Å². The van der Waals surface area contributed by atoms with E-state index in [0.717, 1.165) is 84.9 Å². The van der Waals surface area contributed by atoms with Crippen molar-refractivity contribution in [1.29, 1.82) is 0 Å². The third kappa shape index (κ3) is 21.2. The van der Waals surface area contributed by atoms with Crippen LogP contribution in [-0.4, -0.2) is 0 Å². The molecule has 0 saturated heterocycles. The second-order valence-electron chi connectivity index (χ2n) is 36.4. The second kappa shape index (κ2) is 41.8. The van der Waals surface area contributed by atoms with Gasteiger partial charge in [-0.25, -0.2) is 0 Å².